The van der Waals surface area contributed by atoms with Crippen LogP contribution >= 0.6 is 0 Å². The highest BCUT2D eigenvalue weighted by molar-refractivity contribution is 5.78. The van der Waals surface area contributed by atoms with Gasteiger partial charge in [0.05, 0.1) is 11.2 Å². The molecule has 3 N–H and O–H groups in total. The summed E-state index contributed by atoms with van der Waals surface area (Å²) >= 11 is 0. The van der Waals surface area contributed by atoms with E-state index < -0.39 is 12.0 Å². The van der Waals surface area contributed by atoms with Crippen molar-refractivity contribution >= 4 is 11.5 Å². The van der Waals surface area contributed by atoms with E-state index in [0.29, 0.717) is 5.69 Å². The summed E-state index contributed by atoms with van der Waals surface area (Å²) in [5.74, 6) is -0.242. The minimum Gasteiger partial charge on any atom is -0.480 e. The van der Waals surface area contributed by atoms with E-state index in [1.165, 1.54) is 0 Å². The summed E-state index contributed by atoms with van der Waals surface area (Å²) in [7, 11) is 0. The molecular formula is C11H13N3O2. The number of nitrogens with two attached hydrogens (primary N) is 1. The first kappa shape index (κ1) is 10.6. The molecule has 2 rings (SSSR count). The Labute approximate surface area is 92.5 Å². The number of aliphatic carboxylic acids is 1. The predicted octanol–water partition coefficient (Wildman–Crippen LogP) is 0.981. The van der Waals surface area contributed by atoms with Gasteiger partial charge in [-0.25, -0.2) is 4.98 Å². The molecule has 0 amide bonds. The highest BCUT2D eigenvalue weighted by atomic mass is 16.4. The third-order valence-corrected chi connectivity index (χ3v) is 2.53. The zero-order valence-electron chi connectivity index (χ0n) is 8.92. The smallest absolute Gasteiger partial charge is 0.326 e. The third-order valence-electron chi connectivity index (χ3n) is 2.53. The molecule has 0 bridgehead atoms. The average Bonchev–Trinajstić information content (AvgIpc) is 2.66. The van der Waals surface area contributed by atoms with Crippen LogP contribution in [0.3, 0.4) is 0 Å². The summed E-state index contributed by atoms with van der Waals surface area (Å²) in [6, 6.07) is 4.47. The van der Waals surface area contributed by atoms with E-state index in [0.717, 1.165) is 17.8 Å². The SMILES string of the molecule is CCc1nc(C(N)C(=O)O)c2ccccn12. The van der Waals surface area contributed by atoms with E-state index in [1.807, 2.05) is 35.7 Å². The van der Waals surface area contributed by atoms with Crippen molar-refractivity contribution in [2.45, 2.75) is 19.4 Å². The molecule has 2 aromatic heterocycles. The van der Waals surface area contributed by atoms with Crippen LogP contribution in [0.1, 0.15) is 24.5 Å². The molecule has 0 saturated carbocycles. The highest BCUT2D eigenvalue weighted by Crippen LogP contribution is 2.18. The number of pyridine rings is 1. The maximum Gasteiger partial charge on any atom is 0.326 e. The number of nitrogens with zero attached hydrogens (tertiary/aromatic N) is 2. The van der Waals surface area contributed by atoms with Crippen molar-refractivity contribution in [1.82, 2.24) is 9.38 Å². The molecular weight excluding hydrogens is 206 g/mol. The van der Waals surface area contributed by atoms with Gasteiger partial charge in [-0.05, 0) is 12.1 Å². The van der Waals surface area contributed by atoms with Crippen molar-refractivity contribution < 1.29 is 9.90 Å². The summed E-state index contributed by atoms with van der Waals surface area (Å²) in [5.41, 5.74) is 6.78. The molecule has 0 aliphatic rings. The quantitative estimate of drug-likeness (QED) is 0.806. The van der Waals surface area contributed by atoms with Crippen molar-refractivity contribution in [3.63, 3.8) is 0 Å². The van der Waals surface area contributed by atoms with Gasteiger partial charge in [0.1, 0.15) is 11.9 Å². The van der Waals surface area contributed by atoms with Crippen molar-refractivity contribution in [3.8, 4) is 0 Å². The van der Waals surface area contributed by atoms with Gasteiger partial charge in [0.15, 0.2) is 0 Å². The second-order valence-corrected chi connectivity index (χ2v) is 3.54. The zero-order chi connectivity index (χ0) is 11.7. The lowest BCUT2D eigenvalue weighted by atomic mass is 10.2. The largest absolute Gasteiger partial charge is 0.480 e. The number of rotatable bonds is 3. The summed E-state index contributed by atoms with van der Waals surface area (Å²) in [4.78, 5) is 15.2. The molecule has 0 fully saturated rings. The number of fused-ring (bicyclic) bond motifs is 1. The molecule has 5 heteroatoms. The van der Waals surface area contributed by atoms with Gasteiger partial charge in [-0.1, -0.05) is 13.0 Å². The monoisotopic (exact) mass is 219 g/mol. The second-order valence-electron chi connectivity index (χ2n) is 3.54. The van der Waals surface area contributed by atoms with Crippen LogP contribution in [0.4, 0.5) is 0 Å². The number of carbonyl (C=O) groups is 1. The molecule has 0 saturated heterocycles. The standard InChI is InChI=1S/C11H13N3O2/c1-2-8-13-10(9(12)11(15)16)7-5-3-4-6-14(7)8/h3-6,9H,2,12H2,1H3,(H,15,16). The Balaban J connectivity index is 2.66. The van der Waals surface area contributed by atoms with Crippen LogP contribution < -0.4 is 5.73 Å². The lowest BCUT2D eigenvalue weighted by Gasteiger charge is -2.02. The van der Waals surface area contributed by atoms with Gasteiger partial charge in [-0.3, -0.25) is 4.79 Å². The lowest BCUT2D eigenvalue weighted by Crippen LogP contribution is -2.21. The molecule has 16 heavy (non-hydrogen) atoms. The number of hydrogen-bond donors (Lipinski definition) is 2. The lowest BCUT2D eigenvalue weighted by molar-refractivity contribution is -0.138. The van der Waals surface area contributed by atoms with Gasteiger partial charge in [0.2, 0.25) is 0 Å². The fourth-order valence-corrected chi connectivity index (χ4v) is 1.72. The Morgan fingerprint density at radius 1 is 1.62 bits per heavy atom. The molecule has 2 heterocycles. The zero-order valence-corrected chi connectivity index (χ0v) is 8.92. The van der Waals surface area contributed by atoms with Gasteiger partial charge in [0.25, 0.3) is 0 Å². The number of imidazole rings is 1. The predicted molar refractivity (Wildman–Crippen MR) is 59.1 cm³/mol. The van der Waals surface area contributed by atoms with Gasteiger partial charge >= 0.3 is 5.97 Å². The maximum atomic E-state index is 10.9. The van der Waals surface area contributed by atoms with Crippen LogP contribution in [0.25, 0.3) is 5.52 Å². The van der Waals surface area contributed by atoms with Crippen molar-refractivity contribution in [1.29, 1.82) is 0 Å². The van der Waals surface area contributed by atoms with Crippen molar-refractivity contribution in [2.24, 2.45) is 5.73 Å². The molecule has 0 aliphatic carbocycles. The van der Waals surface area contributed by atoms with E-state index in [4.69, 9.17) is 10.8 Å². The Bertz CT molecular complexity index is 533. The minimum atomic E-state index is -1.07. The first-order valence-electron chi connectivity index (χ1n) is 5.09. The van der Waals surface area contributed by atoms with Crippen LogP contribution in [0, 0.1) is 0 Å². The van der Waals surface area contributed by atoms with Gasteiger partial charge in [-0.15, -0.1) is 0 Å². The van der Waals surface area contributed by atoms with E-state index in [-0.39, 0.29) is 0 Å². The van der Waals surface area contributed by atoms with Crippen molar-refractivity contribution in [3.05, 3.63) is 35.9 Å². The van der Waals surface area contributed by atoms with Crippen LogP contribution in [0.5, 0.6) is 0 Å². The molecule has 0 aliphatic heterocycles. The van der Waals surface area contributed by atoms with E-state index in [1.54, 1.807) is 0 Å². The highest BCUT2D eigenvalue weighted by Gasteiger charge is 2.21. The first-order valence-corrected chi connectivity index (χ1v) is 5.09. The van der Waals surface area contributed by atoms with Crippen molar-refractivity contribution in [2.75, 3.05) is 0 Å². The van der Waals surface area contributed by atoms with Gasteiger partial charge < -0.3 is 15.2 Å². The Morgan fingerprint density at radius 2 is 2.38 bits per heavy atom. The van der Waals surface area contributed by atoms with Crippen LogP contribution in [-0.4, -0.2) is 20.5 Å². The molecule has 5 nitrogen and oxygen atoms in total. The second kappa shape index (κ2) is 3.94. The summed E-state index contributed by atoms with van der Waals surface area (Å²) < 4.78 is 1.87. The topological polar surface area (TPSA) is 80.6 Å². The Morgan fingerprint density at radius 3 is 3.00 bits per heavy atom. The number of carboxylic acids is 1. The summed E-state index contributed by atoms with van der Waals surface area (Å²) in [6.07, 6.45) is 2.59. The van der Waals surface area contributed by atoms with E-state index in [9.17, 15) is 4.79 Å². The maximum absolute atomic E-state index is 10.9. The molecule has 0 aromatic carbocycles. The normalized spacial score (nSPS) is 12.9. The van der Waals surface area contributed by atoms with E-state index in [2.05, 4.69) is 4.98 Å². The van der Waals surface area contributed by atoms with Crippen LogP contribution in [-0.2, 0) is 11.2 Å². The Kier molecular flexibility index (Phi) is 2.62. The summed E-state index contributed by atoms with van der Waals surface area (Å²) in [5, 5.41) is 8.90. The summed E-state index contributed by atoms with van der Waals surface area (Å²) in [6.45, 7) is 1.97. The molecule has 84 valence electrons. The Hall–Kier alpha value is -1.88. The number of carboxylic acid groups (broad SMARTS) is 1. The van der Waals surface area contributed by atoms with Gasteiger partial charge in [0, 0.05) is 12.6 Å². The molecule has 0 radical (unpaired) electrons. The average molecular weight is 219 g/mol. The van der Waals surface area contributed by atoms with E-state index >= 15 is 0 Å². The van der Waals surface area contributed by atoms with Crippen LogP contribution in [0.2, 0.25) is 0 Å². The molecule has 2 aromatic rings. The fourth-order valence-electron chi connectivity index (χ4n) is 1.72. The van der Waals surface area contributed by atoms with Crippen LogP contribution in [0.15, 0.2) is 24.4 Å². The molecule has 1 atom stereocenters. The fraction of sp³-hybridized carbons (Fsp3) is 0.273. The third kappa shape index (κ3) is 1.55. The molecule has 0 spiro atoms. The first-order chi connectivity index (χ1) is 7.65. The number of aryl methyl sites for hydroxylation is 1. The minimum absolute atomic E-state index is 0.421. The molecule has 1 unspecified atom stereocenters. The number of hydrogen-bond acceptors (Lipinski definition) is 3. The van der Waals surface area contributed by atoms with Gasteiger partial charge in [-0.2, -0.15) is 0 Å². The number of aromatic nitrogens is 2.